The van der Waals surface area contributed by atoms with Gasteiger partial charge in [0, 0.05) is 0 Å². The molecule has 68 valence electrons. The van der Waals surface area contributed by atoms with Crippen LogP contribution < -0.4 is 0 Å². The number of fused-ring (bicyclic) bond motifs is 1. The normalized spacial score (nSPS) is 11.0. The van der Waals surface area contributed by atoms with E-state index in [-0.39, 0.29) is 10.8 Å². The highest BCUT2D eigenvalue weighted by atomic mass is 35.5. The van der Waals surface area contributed by atoms with Crippen molar-refractivity contribution in [3.05, 3.63) is 33.9 Å². The zero-order valence-corrected chi connectivity index (χ0v) is 8.68. The van der Waals surface area contributed by atoms with Gasteiger partial charge in [-0.25, -0.2) is 4.39 Å². The Hall–Kier alpha value is -0.600. The highest BCUT2D eigenvalue weighted by Crippen LogP contribution is 2.33. The Morgan fingerprint density at radius 1 is 1.54 bits per heavy atom. The minimum Gasteiger partial charge on any atom is -0.205 e. The summed E-state index contributed by atoms with van der Waals surface area (Å²) in [6, 6.07) is 3.83. The van der Waals surface area contributed by atoms with E-state index in [9.17, 15) is 4.39 Å². The molecule has 1 aromatic heterocycles. The molecule has 0 nitrogen and oxygen atoms in total. The number of benzene rings is 1. The van der Waals surface area contributed by atoms with Crippen LogP contribution in [0, 0.1) is 5.82 Å². The van der Waals surface area contributed by atoms with Gasteiger partial charge in [-0.15, -0.1) is 11.3 Å². The third-order valence-electron chi connectivity index (χ3n) is 2.08. The van der Waals surface area contributed by atoms with Crippen LogP contribution in [0.5, 0.6) is 0 Å². The van der Waals surface area contributed by atoms with Gasteiger partial charge in [0.05, 0.1) is 9.72 Å². The average molecular weight is 215 g/mol. The fraction of sp³-hybridized carbons (Fsp3) is 0.200. The molecule has 0 unspecified atom stereocenters. The van der Waals surface area contributed by atoms with E-state index < -0.39 is 0 Å². The molecule has 2 rings (SSSR count). The van der Waals surface area contributed by atoms with Crippen molar-refractivity contribution in [2.24, 2.45) is 0 Å². The second-order valence-electron chi connectivity index (χ2n) is 2.86. The molecular weight excluding hydrogens is 207 g/mol. The molecule has 0 N–H and O–H groups in total. The van der Waals surface area contributed by atoms with Crippen molar-refractivity contribution >= 4 is 33.0 Å². The Labute approximate surface area is 85.0 Å². The molecule has 2 aromatic rings. The summed E-state index contributed by atoms with van der Waals surface area (Å²) in [7, 11) is 0. The van der Waals surface area contributed by atoms with Crippen LogP contribution in [0.4, 0.5) is 4.39 Å². The average Bonchev–Trinajstić information content (AvgIpc) is 2.59. The third kappa shape index (κ3) is 1.34. The fourth-order valence-corrected chi connectivity index (χ4v) is 2.53. The van der Waals surface area contributed by atoms with Crippen LogP contribution >= 0.6 is 22.9 Å². The topological polar surface area (TPSA) is 0 Å². The molecular formula is C10H8ClFS. The van der Waals surface area contributed by atoms with Crippen LogP contribution in [0.1, 0.15) is 12.5 Å². The molecule has 0 spiro atoms. The number of rotatable bonds is 1. The summed E-state index contributed by atoms with van der Waals surface area (Å²) < 4.78 is 14.3. The first-order chi connectivity index (χ1) is 6.24. The van der Waals surface area contributed by atoms with Crippen LogP contribution in [-0.4, -0.2) is 0 Å². The lowest BCUT2D eigenvalue weighted by Gasteiger charge is -2.02. The molecule has 3 heteroatoms. The smallest absolute Gasteiger partial charge is 0.146 e. The largest absolute Gasteiger partial charge is 0.205 e. The van der Waals surface area contributed by atoms with Crippen LogP contribution in [0.15, 0.2) is 17.5 Å². The standard InChI is InChI=1S/C10H8ClFS/c1-2-6-5-7-3-4-13-10(7)8(11)9(6)12/h3-5H,2H2,1H3. The second kappa shape index (κ2) is 3.28. The first-order valence-electron chi connectivity index (χ1n) is 4.08. The first-order valence-corrected chi connectivity index (χ1v) is 5.34. The molecule has 13 heavy (non-hydrogen) atoms. The molecule has 0 saturated heterocycles. The Morgan fingerprint density at radius 3 is 3.00 bits per heavy atom. The van der Waals surface area contributed by atoms with Crippen LogP contribution in [0.2, 0.25) is 5.02 Å². The molecule has 1 aromatic carbocycles. The third-order valence-corrected chi connectivity index (χ3v) is 3.49. The number of thiophene rings is 1. The summed E-state index contributed by atoms with van der Waals surface area (Å²) in [5, 5.41) is 3.23. The summed E-state index contributed by atoms with van der Waals surface area (Å²) in [5.41, 5.74) is 0.691. The molecule has 0 aliphatic heterocycles. The van der Waals surface area contributed by atoms with Gasteiger partial charge in [0.1, 0.15) is 5.82 Å². The van der Waals surface area contributed by atoms with Crippen molar-refractivity contribution in [2.75, 3.05) is 0 Å². The maximum absolute atomic E-state index is 13.5. The van der Waals surface area contributed by atoms with E-state index in [0.717, 1.165) is 10.1 Å². The number of hydrogen-bond donors (Lipinski definition) is 0. The summed E-state index contributed by atoms with van der Waals surface area (Å²) in [5.74, 6) is -0.265. The van der Waals surface area contributed by atoms with Crippen molar-refractivity contribution in [3.8, 4) is 0 Å². The minimum atomic E-state index is -0.265. The highest BCUT2D eigenvalue weighted by Gasteiger charge is 2.10. The van der Waals surface area contributed by atoms with E-state index >= 15 is 0 Å². The molecule has 0 bridgehead atoms. The Morgan fingerprint density at radius 2 is 2.31 bits per heavy atom. The maximum Gasteiger partial charge on any atom is 0.146 e. The van der Waals surface area contributed by atoms with Gasteiger partial charge < -0.3 is 0 Å². The van der Waals surface area contributed by atoms with E-state index in [4.69, 9.17) is 11.6 Å². The SMILES string of the molecule is CCc1cc2ccsc2c(Cl)c1F. The minimum absolute atomic E-state index is 0.265. The van der Waals surface area contributed by atoms with E-state index in [1.165, 1.54) is 11.3 Å². The van der Waals surface area contributed by atoms with Crippen molar-refractivity contribution in [3.63, 3.8) is 0 Å². The predicted octanol–water partition coefficient (Wildman–Crippen LogP) is 4.26. The predicted molar refractivity (Wildman–Crippen MR) is 56.2 cm³/mol. The molecule has 0 saturated carbocycles. The van der Waals surface area contributed by atoms with Gasteiger partial charge in [0.15, 0.2) is 0 Å². The first kappa shape index (κ1) is 8.97. The van der Waals surface area contributed by atoms with Gasteiger partial charge in [-0.1, -0.05) is 18.5 Å². The fourth-order valence-electron chi connectivity index (χ4n) is 1.36. The van der Waals surface area contributed by atoms with Crippen LogP contribution in [-0.2, 0) is 6.42 Å². The van der Waals surface area contributed by atoms with Crippen molar-refractivity contribution < 1.29 is 4.39 Å². The summed E-state index contributed by atoms with van der Waals surface area (Å²) >= 11 is 7.36. The van der Waals surface area contributed by atoms with Crippen LogP contribution in [0.25, 0.3) is 10.1 Å². The monoisotopic (exact) mass is 214 g/mol. The maximum atomic E-state index is 13.5. The molecule has 0 amide bonds. The van der Waals surface area contributed by atoms with Gasteiger partial charge in [0.25, 0.3) is 0 Å². The van der Waals surface area contributed by atoms with Gasteiger partial charge in [-0.3, -0.25) is 0 Å². The van der Waals surface area contributed by atoms with Crippen LogP contribution in [0.3, 0.4) is 0 Å². The molecule has 0 aliphatic rings. The number of halogens is 2. The van der Waals surface area contributed by atoms with Gasteiger partial charge in [0.2, 0.25) is 0 Å². The molecule has 0 aliphatic carbocycles. The van der Waals surface area contributed by atoms with Crippen molar-refractivity contribution in [2.45, 2.75) is 13.3 Å². The lowest BCUT2D eigenvalue weighted by atomic mass is 10.1. The van der Waals surface area contributed by atoms with Crippen molar-refractivity contribution in [1.82, 2.24) is 0 Å². The number of aryl methyl sites for hydroxylation is 1. The van der Waals surface area contributed by atoms with E-state index in [1.54, 1.807) is 0 Å². The zero-order valence-electron chi connectivity index (χ0n) is 7.10. The Bertz CT molecular complexity index is 447. The van der Waals surface area contributed by atoms with Gasteiger partial charge in [-0.2, -0.15) is 0 Å². The summed E-state index contributed by atoms with van der Waals surface area (Å²) in [6.07, 6.45) is 0.678. The summed E-state index contributed by atoms with van der Waals surface area (Å²) in [6.45, 7) is 1.92. The summed E-state index contributed by atoms with van der Waals surface area (Å²) in [4.78, 5) is 0. The molecule has 1 heterocycles. The van der Waals surface area contributed by atoms with Gasteiger partial charge >= 0.3 is 0 Å². The lowest BCUT2D eigenvalue weighted by molar-refractivity contribution is 0.615. The highest BCUT2D eigenvalue weighted by molar-refractivity contribution is 7.17. The van der Waals surface area contributed by atoms with E-state index in [2.05, 4.69) is 0 Å². The van der Waals surface area contributed by atoms with E-state index in [0.29, 0.717) is 12.0 Å². The quantitative estimate of drug-likeness (QED) is 0.666. The second-order valence-corrected chi connectivity index (χ2v) is 4.15. The van der Waals surface area contributed by atoms with Crippen molar-refractivity contribution in [1.29, 1.82) is 0 Å². The lowest BCUT2D eigenvalue weighted by Crippen LogP contribution is -1.88. The Kier molecular flexibility index (Phi) is 2.26. The molecule has 0 fully saturated rings. The van der Waals surface area contributed by atoms with Gasteiger partial charge in [-0.05, 0) is 34.9 Å². The zero-order chi connectivity index (χ0) is 9.42. The molecule has 0 atom stereocenters. The molecule has 0 radical (unpaired) electrons. The number of hydrogen-bond acceptors (Lipinski definition) is 1. The van der Waals surface area contributed by atoms with E-state index in [1.807, 2.05) is 24.4 Å². The Balaban J connectivity index is 2.83.